The van der Waals surface area contributed by atoms with Crippen LogP contribution in [0.5, 0.6) is 0 Å². The Balaban J connectivity index is 0.000000917. The van der Waals surface area contributed by atoms with Crippen LogP contribution in [0.15, 0.2) is 36.8 Å². The van der Waals surface area contributed by atoms with Gasteiger partial charge < -0.3 is 14.4 Å². The van der Waals surface area contributed by atoms with E-state index in [0.29, 0.717) is 34.5 Å². The van der Waals surface area contributed by atoms with Crippen LogP contribution >= 0.6 is 0 Å². The highest BCUT2D eigenvalue weighted by molar-refractivity contribution is 6.02. The molecule has 0 saturated carbocycles. The molecule has 0 radical (unpaired) electrons. The molecule has 1 aliphatic rings. The van der Waals surface area contributed by atoms with Gasteiger partial charge in [-0.05, 0) is 38.0 Å². The van der Waals surface area contributed by atoms with E-state index in [-0.39, 0.29) is 30.9 Å². The van der Waals surface area contributed by atoms with E-state index in [1.54, 1.807) is 12.3 Å². The van der Waals surface area contributed by atoms with Crippen LogP contribution in [0.4, 0.5) is 17.6 Å². The Morgan fingerprint density at radius 3 is 2.60 bits per heavy atom. The zero-order chi connectivity index (χ0) is 25.2. The van der Waals surface area contributed by atoms with Crippen LogP contribution in [0.2, 0.25) is 0 Å². The minimum atomic E-state index is -4.55. The SMILES string of the molecule is C[C@@H]1C[C@H](n2c(Cc3cnc(C(F)(F)F)cn3)nc3cnc4ccc(F)cc4c32)CCO1.O=CO. The molecule has 0 bridgehead atoms. The van der Waals surface area contributed by atoms with E-state index >= 15 is 0 Å². The summed E-state index contributed by atoms with van der Waals surface area (Å²) in [7, 11) is 0. The minimum absolute atomic E-state index is 0.0368. The number of fused-ring (bicyclic) bond motifs is 3. The van der Waals surface area contributed by atoms with Crippen molar-refractivity contribution in [1.82, 2.24) is 24.5 Å². The molecule has 0 spiro atoms. The van der Waals surface area contributed by atoms with E-state index in [9.17, 15) is 17.6 Å². The molecule has 4 heterocycles. The van der Waals surface area contributed by atoms with Crippen LogP contribution < -0.4 is 0 Å². The van der Waals surface area contributed by atoms with Crippen molar-refractivity contribution in [3.8, 4) is 0 Å². The van der Waals surface area contributed by atoms with Gasteiger partial charge in [-0.2, -0.15) is 13.2 Å². The third-order valence-electron chi connectivity index (χ3n) is 5.71. The molecule has 184 valence electrons. The summed E-state index contributed by atoms with van der Waals surface area (Å²) < 4.78 is 60.4. The first-order valence-corrected chi connectivity index (χ1v) is 10.7. The van der Waals surface area contributed by atoms with Crippen molar-refractivity contribution in [1.29, 1.82) is 0 Å². The first-order valence-electron chi connectivity index (χ1n) is 10.7. The van der Waals surface area contributed by atoms with Crippen LogP contribution in [0, 0.1) is 5.82 Å². The summed E-state index contributed by atoms with van der Waals surface area (Å²) in [4.78, 5) is 24.9. The fourth-order valence-electron chi connectivity index (χ4n) is 4.28. The average molecular weight is 491 g/mol. The van der Waals surface area contributed by atoms with Crippen LogP contribution in [0.1, 0.15) is 43.0 Å². The van der Waals surface area contributed by atoms with Gasteiger partial charge in [-0.15, -0.1) is 0 Å². The van der Waals surface area contributed by atoms with Crippen molar-refractivity contribution in [3.05, 3.63) is 59.8 Å². The lowest BCUT2D eigenvalue weighted by Gasteiger charge is -2.30. The van der Waals surface area contributed by atoms with Gasteiger partial charge in [0, 0.05) is 30.7 Å². The maximum Gasteiger partial charge on any atom is 0.434 e. The molecule has 1 aromatic carbocycles. The second-order valence-corrected chi connectivity index (χ2v) is 8.08. The molecule has 4 aromatic rings. The minimum Gasteiger partial charge on any atom is -0.483 e. The maximum atomic E-state index is 14.1. The quantitative estimate of drug-likeness (QED) is 0.331. The Morgan fingerprint density at radius 2 is 1.94 bits per heavy atom. The molecule has 2 atom stereocenters. The Morgan fingerprint density at radius 1 is 1.17 bits per heavy atom. The van der Waals surface area contributed by atoms with E-state index in [1.165, 1.54) is 12.1 Å². The first-order chi connectivity index (χ1) is 16.7. The van der Waals surface area contributed by atoms with E-state index in [4.69, 9.17) is 19.6 Å². The highest BCUT2D eigenvalue weighted by atomic mass is 19.4. The largest absolute Gasteiger partial charge is 0.483 e. The van der Waals surface area contributed by atoms with Gasteiger partial charge in [0.1, 0.15) is 17.2 Å². The highest BCUT2D eigenvalue weighted by Crippen LogP contribution is 2.34. The van der Waals surface area contributed by atoms with Crippen molar-refractivity contribution in [2.24, 2.45) is 0 Å². The van der Waals surface area contributed by atoms with Crippen LogP contribution in [0.25, 0.3) is 21.9 Å². The number of carboxylic acid groups (broad SMARTS) is 1. The number of pyridine rings is 1. The number of halogens is 4. The maximum absolute atomic E-state index is 14.1. The molecular formula is C23H21F4N5O3. The molecule has 3 aromatic heterocycles. The highest BCUT2D eigenvalue weighted by Gasteiger charge is 2.33. The van der Waals surface area contributed by atoms with Gasteiger partial charge in [-0.1, -0.05) is 0 Å². The fraction of sp³-hybridized carbons (Fsp3) is 0.348. The monoisotopic (exact) mass is 491 g/mol. The normalized spacial score (nSPS) is 18.3. The smallest absolute Gasteiger partial charge is 0.434 e. The van der Waals surface area contributed by atoms with Crippen molar-refractivity contribution in [2.45, 2.75) is 44.5 Å². The van der Waals surface area contributed by atoms with Crippen molar-refractivity contribution in [3.63, 3.8) is 0 Å². The van der Waals surface area contributed by atoms with Crippen LogP contribution in [-0.2, 0) is 22.1 Å². The van der Waals surface area contributed by atoms with Gasteiger partial charge in [0.2, 0.25) is 0 Å². The van der Waals surface area contributed by atoms with Crippen molar-refractivity contribution < 1.29 is 32.2 Å². The lowest BCUT2D eigenvalue weighted by molar-refractivity contribution is -0.141. The van der Waals surface area contributed by atoms with Crippen molar-refractivity contribution >= 4 is 28.4 Å². The van der Waals surface area contributed by atoms with E-state index in [0.717, 1.165) is 30.8 Å². The Kier molecular flexibility index (Phi) is 6.92. The second kappa shape index (κ2) is 9.90. The van der Waals surface area contributed by atoms with E-state index < -0.39 is 11.9 Å². The van der Waals surface area contributed by atoms with Crippen LogP contribution in [0.3, 0.4) is 0 Å². The lowest BCUT2D eigenvalue weighted by Crippen LogP contribution is -2.26. The average Bonchev–Trinajstić information content (AvgIpc) is 3.18. The van der Waals surface area contributed by atoms with Gasteiger partial charge in [0.15, 0.2) is 5.69 Å². The molecule has 1 aliphatic heterocycles. The third kappa shape index (κ3) is 5.21. The number of alkyl halides is 3. The number of nitrogens with zero attached hydrogens (tertiary/aromatic N) is 5. The van der Waals surface area contributed by atoms with Gasteiger partial charge in [0.25, 0.3) is 6.47 Å². The first kappa shape index (κ1) is 24.5. The summed E-state index contributed by atoms with van der Waals surface area (Å²) in [5.74, 6) is 0.238. The second-order valence-electron chi connectivity index (χ2n) is 8.08. The predicted octanol–water partition coefficient (Wildman–Crippen LogP) is 4.56. The number of aromatic nitrogens is 5. The molecule has 0 aliphatic carbocycles. The number of imidazole rings is 1. The van der Waals surface area contributed by atoms with Gasteiger partial charge in [-0.25, -0.2) is 14.4 Å². The molecule has 5 rings (SSSR count). The summed E-state index contributed by atoms with van der Waals surface area (Å²) in [5, 5.41) is 7.53. The van der Waals surface area contributed by atoms with Gasteiger partial charge in [-0.3, -0.25) is 14.8 Å². The number of ether oxygens (including phenoxy) is 1. The molecule has 35 heavy (non-hydrogen) atoms. The number of carbonyl (C=O) groups is 1. The molecule has 0 unspecified atom stereocenters. The summed E-state index contributed by atoms with van der Waals surface area (Å²) in [6.07, 6.45) is 0.622. The summed E-state index contributed by atoms with van der Waals surface area (Å²) >= 11 is 0. The zero-order valence-corrected chi connectivity index (χ0v) is 18.5. The third-order valence-corrected chi connectivity index (χ3v) is 5.71. The summed E-state index contributed by atoms with van der Waals surface area (Å²) in [5.41, 5.74) is 1.30. The lowest BCUT2D eigenvalue weighted by atomic mass is 10.0. The van der Waals surface area contributed by atoms with E-state index in [1.807, 2.05) is 6.92 Å². The topological polar surface area (TPSA) is 103 Å². The molecule has 1 N–H and O–H groups in total. The molecule has 12 heteroatoms. The number of hydrogen-bond acceptors (Lipinski definition) is 6. The Hall–Kier alpha value is -3.67. The Bertz CT molecular complexity index is 1340. The van der Waals surface area contributed by atoms with E-state index in [2.05, 4.69) is 19.5 Å². The molecule has 0 amide bonds. The number of hydrogen-bond donors (Lipinski definition) is 1. The Labute approximate surface area is 196 Å². The number of benzene rings is 1. The molecule has 1 saturated heterocycles. The molecule has 1 fully saturated rings. The summed E-state index contributed by atoms with van der Waals surface area (Å²) in [6.45, 7) is 2.31. The zero-order valence-electron chi connectivity index (χ0n) is 18.5. The summed E-state index contributed by atoms with van der Waals surface area (Å²) in [6, 6.07) is 4.45. The molecule has 8 nitrogen and oxygen atoms in total. The van der Waals surface area contributed by atoms with Gasteiger partial charge >= 0.3 is 6.18 Å². The van der Waals surface area contributed by atoms with Crippen molar-refractivity contribution in [2.75, 3.05) is 6.61 Å². The van der Waals surface area contributed by atoms with Crippen LogP contribution in [-0.4, -0.2) is 48.8 Å². The number of rotatable bonds is 3. The van der Waals surface area contributed by atoms with Gasteiger partial charge in [0.05, 0.1) is 35.2 Å². The molecular weight excluding hydrogens is 470 g/mol. The standard InChI is InChI=1S/C22H19F4N5O.CH2O2/c1-12-6-15(4-5-32-12)31-20(8-14-9-29-19(11-27-14)22(24,25)26)30-18-10-28-17-3-2-13(23)7-16(17)21(18)31;2-1-3/h2-3,7,9-12,15H,4-6,8H2,1H3;1H,(H,2,3)/t12-,15-;/m1./s1. The predicted molar refractivity (Wildman–Crippen MR) is 117 cm³/mol. The fourth-order valence-corrected chi connectivity index (χ4v) is 4.28.